The van der Waals surface area contributed by atoms with Gasteiger partial charge in [-0.1, -0.05) is 11.6 Å². The van der Waals surface area contributed by atoms with Gasteiger partial charge >= 0.3 is 0 Å². The molecule has 3 rings (SSSR count). The van der Waals surface area contributed by atoms with Gasteiger partial charge in [0.05, 0.1) is 24.0 Å². The van der Waals surface area contributed by atoms with Crippen molar-refractivity contribution in [3.05, 3.63) is 21.6 Å². The Balaban J connectivity index is 1.79. The van der Waals surface area contributed by atoms with E-state index in [1.54, 1.807) is 13.2 Å². The number of nitrogens with two attached hydrogens (primary N) is 1. The number of ether oxygens (including phenoxy) is 1. The molecule has 7 heteroatoms. The smallest absolute Gasteiger partial charge is 0.287 e. The molecule has 0 radical (unpaired) electrons. The first-order valence-electron chi connectivity index (χ1n) is 6.45. The normalized spacial score (nSPS) is 33.4. The third-order valence-corrected chi connectivity index (χ3v) is 4.44. The van der Waals surface area contributed by atoms with E-state index in [1.807, 2.05) is 0 Å². The molecule has 0 aromatic carbocycles. The minimum Gasteiger partial charge on any atom is -0.376 e. The average Bonchev–Trinajstić information content (AvgIpc) is 2.43. The van der Waals surface area contributed by atoms with Crippen LogP contribution in [0.4, 0.5) is 5.69 Å². The lowest BCUT2D eigenvalue weighted by atomic mass is 9.68. The molecule has 1 saturated carbocycles. The Kier molecular flexibility index (Phi) is 3.24. The van der Waals surface area contributed by atoms with Gasteiger partial charge in [-0.2, -0.15) is 5.10 Å². The molecule has 1 aliphatic carbocycles. The average molecular weight is 285 g/mol. The fourth-order valence-corrected chi connectivity index (χ4v) is 3.14. The van der Waals surface area contributed by atoms with Gasteiger partial charge < -0.3 is 15.8 Å². The van der Waals surface area contributed by atoms with Crippen LogP contribution in [-0.2, 0) is 11.8 Å². The number of aryl methyl sites for hydroxylation is 1. The van der Waals surface area contributed by atoms with E-state index in [-0.39, 0.29) is 28.8 Å². The van der Waals surface area contributed by atoms with Crippen molar-refractivity contribution >= 4 is 17.3 Å². The highest BCUT2D eigenvalue weighted by atomic mass is 35.5. The van der Waals surface area contributed by atoms with E-state index in [4.69, 9.17) is 22.1 Å². The van der Waals surface area contributed by atoms with Crippen LogP contribution in [0.2, 0.25) is 5.02 Å². The Morgan fingerprint density at radius 1 is 1.63 bits per heavy atom. The molecule has 1 aromatic heterocycles. The van der Waals surface area contributed by atoms with Crippen molar-refractivity contribution in [1.29, 1.82) is 0 Å². The highest BCUT2D eigenvalue weighted by molar-refractivity contribution is 6.32. The van der Waals surface area contributed by atoms with E-state index in [2.05, 4.69) is 10.4 Å². The summed E-state index contributed by atoms with van der Waals surface area (Å²) in [6.07, 6.45) is 3.83. The zero-order valence-corrected chi connectivity index (χ0v) is 11.4. The van der Waals surface area contributed by atoms with Gasteiger partial charge in [0.1, 0.15) is 5.02 Å². The second-order valence-electron chi connectivity index (χ2n) is 5.19. The number of hydrogen-bond acceptors (Lipinski definition) is 5. The van der Waals surface area contributed by atoms with Crippen molar-refractivity contribution < 1.29 is 4.74 Å². The molecule has 19 heavy (non-hydrogen) atoms. The number of hydrogen-bond donors (Lipinski definition) is 2. The summed E-state index contributed by atoms with van der Waals surface area (Å²) in [6.45, 7) is 0.772. The summed E-state index contributed by atoms with van der Waals surface area (Å²) in [7, 11) is 1.56. The molecule has 4 atom stereocenters. The molecule has 4 unspecified atom stereocenters. The van der Waals surface area contributed by atoms with E-state index in [1.165, 1.54) is 4.68 Å². The van der Waals surface area contributed by atoms with Crippen molar-refractivity contribution in [2.75, 3.05) is 11.9 Å². The summed E-state index contributed by atoms with van der Waals surface area (Å²) < 4.78 is 6.94. The number of fused-ring (bicyclic) bond motifs is 1. The van der Waals surface area contributed by atoms with E-state index >= 15 is 0 Å². The number of halogens is 1. The second kappa shape index (κ2) is 4.77. The molecule has 1 aromatic rings. The van der Waals surface area contributed by atoms with Crippen molar-refractivity contribution in [2.45, 2.75) is 31.0 Å². The van der Waals surface area contributed by atoms with E-state index < -0.39 is 0 Å². The minimum atomic E-state index is -0.319. The molecule has 1 aliphatic heterocycles. The van der Waals surface area contributed by atoms with Crippen LogP contribution in [0, 0.1) is 5.92 Å². The predicted octanol–water partition coefficient (Wildman–Crippen LogP) is 0.350. The molecule has 0 amide bonds. The van der Waals surface area contributed by atoms with Gasteiger partial charge in [0.2, 0.25) is 0 Å². The molecule has 0 bridgehead atoms. The van der Waals surface area contributed by atoms with Crippen molar-refractivity contribution in [1.82, 2.24) is 9.78 Å². The van der Waals surface area contributed by atoms with Crippen LogP contribution in [0.15, 0.2) is 11.0 Å². The molecular weight excluding hydrogens is 268 g/mol. The summed E-state index contributed by atoms with van der Waals surface area (Å²) in [6, 6.07) is 0.0298. The Morgan fingerprint density at radius 2 is 2.42 bits per heavy atom. The summed E-state index contributed by atoms with van der Waals surface area (Å²) in [5, 5.41) is 7.30. The van der Waals surface area contributed by atoms with Crippen molar-refractivity contribution in [3.8, 4) is 0 Å². The van der Waals surface area contributed by atoms with Gasteiger partial charge in [-0.25, -0.2) is 4.68 Å². The van der Waals surface area contributed by atoms with Crippen LogP contribution in [0.25, 0.3) is 0 Å². The molecule has 6 nitrogen and oxygen atoms in total. The number of rotatable bonds is 2. The van der Waals surface area contributed by atoms with Gasteiger partial charge in [0, 0.05) is 25.6 Å². The number of anilines is 1. The third kappa shape index (κ3) is 2.04. The first-order valence-corrected chi connectivity index (χ1v) is 6.83. The highest BCUT2D eigenvalue weighted by Gasteiger charge is 2.50. The van der Waals surface area contributed by atoms with Gasteiger partial charge in [0.25, 0.3) is 5.56 Å². The van der Waals surface area contributed by atoms with Crippen LogP contribution in [0.1, 0.15) is 12.8 Å². The van der Waals surface area contributed by atoms with Crippen molar-refractivity contribution in [3.63, 3.8) is 0 Å². The predicted molar refractivity (Wildman–Crippen MR) is 72.3 cm³/mol. The van der Waals surface area contributed by atoms with E-state index in [0.29, 0.717) is 11.6 Å². The Labute approximate surface area is 115 Å². The Hall–Kier alpha value is -1.11. The largest absolute Gasteiger partial charge is 0.376 e. The third-order valence-electron chi connectivity index (χ3n) is 4.08. The monoisotopic (exact) mass is 284 g/mol. The first kappa shape index (κ1) is 12.9. The van der Waals surface area contributed by atoms with Crippen LogP contribution in [0.5, 0.6) is 0 Å². The standard InChI is InChI=1S/C12H17ClN4O2/c1-17-12(18)8(13)7(5-15-17)16-10-9(14)6-3-2-4-19-11(6)10/h5-6,9-11,16H,2-4,14H2,1H3. The summed E-state index contributed by atoms with van der Waals surface area (Å²) >= 11 is 6.03. The summed E-state index contributed by atoms with van der Waals surface area (Å²) in [5.41, 5.74) is 6.36. The maximum atomic E-state index is 11.7. The van der Waals surface area contributed by atoms with E-state index in [0.717, 1.165) is 19.4 Å². The quantitative estimate of drug-likeness (QED) is 0.819. The highest BCUT2D eigenvalue weighted by Crippen LogP contribution is 2.38. The maximum absolute atomic E-state index is 11.7. The molecule has 3 N–H and O–H groups in total. The number of aromatic nitrogens is 2. The van der Waals surface area contributed by atoms with Gasteiger partial charge in [-0.15, -0.1) is 0 Å². The molecule has 2 heterocycles. The lowest BCUT2D eigenvalue weighted by Crippen LogP contribution is -2.69. The summed E-state index contributed by atoms with van der Waals surface area (Å²) in [5.74, 6) is 0.407. The zero-order chi connectivity index (χ0) is 13.6. The van der Waals surface area contributed by atoms with Crippen LogP contribution >= 0.6 is 11.6 Å². The number of nitrogens with zero attached hydrogens (tertiary/aromatic N) is 2. The molecular formula is C12H17ClN4O2. The lowest BCUT2D eigenvalue weighted by Gasteiger charge is -2.52. The first-order chi connectivity index (χ1) is 9.09. The van der Waals surface area contributed by atoms with Crippen LogP contribution in [-0.4, -0.2) is 34.6 Å². The molecule has 1 saturated heterocycles. The second-order valence-corrected chi connectivity index (χ2v) is 5.57. The number of nitrogens with one attached hydrogen (secondary N) is 1. The van der Waals surface area contributed by atoms with Crippen LogP contribution < -0.4 is 16.6 Å². The maximum Gasteiger partial charge on any atom is 0.287 e. The Bertz CT molecular complexity index is 547. The van der Waals surface area contributed by atoms with Gasteiger partial charge in [-0.3, -0.25) is 4.79 Å². The fraction of sp³-hybridized carbons (Fsp3) is 0.667. The molecule has 0 spiro atoms. The van der Waals surface area contributed by atoms with Gasteiger partial charge in [-0.05, 0) is 12.8 Å². The SMILES string of the molecule is Cn1ncc(NC2C(N)C3CCCOC32)c(Cl)c1=O. The molecule has 104 valence electrons. The minimum absolute atomic E-state index is 0.00305. The summed E-state index contributed by atoms with van der Waals surface area (Å²) in [4.78, 5) is 11.7. The zero-order valence-electron chi connectivity index (χ0n) is 10.7. The van der Waals surface area contributed by atoms with Crippen molar-refractivity contribution in [2.24, 2.45) is 18.7 Å². The topological polar surface area (TPSA) is 82.2 Å². The fourth-order valence-electron chi connectivity index (χ4n) is 2.92. The lowest BCUT2D eigenvalue weighted by molar-refractivity contribution is -0.104. The van der Waals surface area contributed by atoms with Gasteiger partial charge in [0.15, 0.2) is 0 Å². The molecule has 2 aliphatic rings. The van der Waals surface area contributed by atoms with Crippen LogP contribution in [0.3, 0.4) is 0 Å². The van der Waals surface area contributed by atoms with E-state index in [9.17, 15) is 4.79 Å². The Morgan fingerprint density at radius 3 is 3.21 bits per heavy atom. The molecule has 2 fully saturated rings.